The van der Waals surface area contributed by atoms with Gasteiger partial charge in [-0.25, -0.2) is 9.78 Å². The summed E-state index contributed by atoms with van der Waals surface area (Å²) >= 11 is 7.24. The third kappa shape index (κ3) is 2.94. The highest BCUT2D eigenvalue weighted by atomic mass is 35.5. The maximum absolute atomic E-state index is 11.6. The molecule has 0 saturated carbocycles. The van der Waals surface area contributed by atoms with E-state index in [9.17, 15) is 4.79 Å². The fourth-order valence-corrected chi connectivity index (χ4v) is 3.13. The van der Waals surface area contributed by atoms with Gasteiger partial charge in [-0.2, -0.15) is 0 Å². The van der Waals surface area contributed by atoms with Gasteiger partial charge in [0.1, 0.15) is 0 Å². The molecule has 4 nitrogen and oxygen atoms in total. The minimum atomic E-state index is -0.459. The molecule has 0 radical (unpaired) electrons. The van der Waals surface area contributed by atoms with Crippen LogP contribution in [0.5, 0.6) is 0 Å². The minimum absolute atomic E-state index is 0.183. The van der Waals surface area contributed by atoms with Crippen LogP contribution in [0.3, 0.4) is 0 Å². The molecule has 20 heavy (non-hydrogen) atoms. The van der Waals surface area contributed by atoms with Crippen LogP contribution in [0.25, 0.3) is 0 Å². The van der Waals surface area contributed by atoms with Crippen molar-refractivity contribution >= 4 is 39.7 Å². The van der Waals surface area contributed by atoms with Crippen molar-refractivity contribution in [3.05, 3.63) is 39.9 Å². The second kappa shape index (κ2) is 6.24. The minimum Gasteiger partial charge on any atom is -0.465 e. The number of nitrogens with zero attached hydrogens (tertiary/aromatic N) is 2. The molecule has 1 heterocycles. The number of hydrogen-bond acceptors (Lipinski definition) is 5. The maximum atomic E-state index is 11.6. The Hall–Kier alpha value is -1.59. The van der Waals surface area contributed by atoms with Crippen molar-refractivity contribution in [3.8, 4) is 0 Å². The highest BCUT2D eigenvalue weighted by molar-refractivity contribution is 7.18. The quantitative estimate of drug-likeness (QED) is 0.799. The van der Waals surface area contributed by atoms with Gasteiger partial charge in [0.15, 0.2) is 15.2 Å². The highest BCUT2D eigenvalue weighted by Gasteiger charge is 2.20. The second-order valence-electron chi connectivity index (χ2n) is 4.19. The predicted octanol–water partition coefficient (Wildman–Crippen LogP) is 4.05. The lowest BCUT2D eigenvalue weighted by Crippen LogP contribution is -2.15. The number of rotatable bonds is 4. The van der Waals surface area contributed by atoms with Crippen LogP contribution in [0.2, 0.25) is 5.15 Å². The number of esters is 1. The molecule has 0 amide bonds. The number of carbonyl (C=O) groups excluding carboxylic acids is 1. The summed E-state index contributed by atoms with van der Waals surface area (Å²) in [6.45, 7) is 4.79. The van der Waals surface area contributed by atoms with Gasteiger partial charge in [0, 0.05) is 12.2 Å². The Bertz CT molecular complexity index is 627. The summed E-state index contributed by atoms with van der Waals surface area (Å²) in [5.41, 5.74) is 2.19. The molecule has 0 atom stereocenters. The van der Waals surface area contributed by atoms with Gasteiger partial charge >= 0.3 is 5.97 Å². The van der Waals surface area contributed by atoms with Gasteiger partial charge < -0.3 is 9.64 Å². The largest absolute Gasteiger partial charge is 0.465 e. The van der Waals surface area contributed by atoms with E-state index in [0.29, 0.717) is 10.0 Å². The third-order valence-electron chi connectivity index (χ3n) is 2.81. The zero-order valence-corrected chi connectivity index (χ0v) is 13.1. The van der Waals surface area contributed by atoms with Crippen LogP contribution >= 0.6 is 22.9 Å². The van der Waals surface area contributed by atoms with Crippen LogP contribution in [0.4, 0.5) is 10.8 Å². The second-order valence-corrected chi connectivity index (χ2v) is 5.53. The first kappa shape index (κ1) is 14.8. The smallest absolute Gasteiger partial charge is 0.351 e. The van der Waals surface area contributed by atoms with E-state index < -0.39 is 5.97 Å². The molecule has 106 valence electrons. The van der Waals surface area contributed by atoms with E-state index in [2.05, 4.69) is 11.1 Å². The SMILES string of the molecule is CCN(c1cccc(C)c1)c1nc(Cl)c(C(=O)OC)s1. The third-order valence-corrected chi connectivity index (χ3v) is 4.25. The van der Waals surface area contributed by atoms with E-state index >= 15 is 0 Å². The molecule has 0 aliphatic carbocycles. The number of benzene rings is 1. The molecule has 0 spiro atoms. The number of carbonyl (C=O) groups is 1. The van der Waals surface area contributed by atoms with E-state index in [1.54, 1.807) is 0 Å². The van der Waals surface area contributed by atoms with Gasteiger partial charge in [0.25, 0.3) is 0 Å². The number of aryl methyl sites for hydroxylation is 1. The first-order valence-electron chi connectivity index (χ1n) is 6.15. The summed E-state index contributed by atoms with van der Waals surface area (Å²) in [6.07, 6.45) is 0. The molecule has 0 aliphatic rings. The zero-order chi connectivity index (χ0) is 14.7. The summed E-state index contributed by atoms with van der Waals surface area (Å²) in [5.74, 6) is -0.459. The molecule has 2 aromatic rings. The first-order chi connectivity index (χ1) is 9.56. The van der Waals surface area contributed by atoms with Crippen LogP contribution < -0.4 is 4.90 Å². The Morgan fingerprint density at radius 3 is 2.85 bits per heavy atom. The molecule has 2 rings (SSSR count). The van der Waals surface area contributed by atoms with Crippen LogP contribution in [-0.4, -0.2) is 24.6 Å². The average Bonchev–Trinajstić information content (AvgIpc) is 2.81. The van der Waals surface area contributed by atoms with Crippen molar-refractivity contribution in [2.45, 2.75) is 13.8 Å². The Labute approximate surface area is 127 Å². The van der Waals surface area contributed by atoms with Crippen molar-refractivity contribution in [1.29, 1.82) is 0 Å². The Kier molecular flexibility index (Phi) is 4.62. The number of aromatic nitrogens is 1. The Balaban J connectivity index is 2.40. The van der Waals surface area contributed by atoms with Gasteiger partial charge in [-0.15, -0.1) is 0 Å². The van der Waals surface area contributed by atoms with E-state index in [1.807, 2.05) is 36.9 Å². The summed E-state index contributed by atoms with van der Waals surface area (Å²) in [6, 6.07) is 8.09. The monoisotopic (exact) mass is 310 g/mol. The van der Waals surface area contributed by atoms with Crippen molar-refractivity contribution in [2.24, 2.45) is 0 Å². The number of ether oxygens (including phenoxy) is 1. The fraction of sp³-hybridized carbons (Fsp3) is 0.286. The van der Waals surface area contributed by atoms with Gasteiger partial charge in [-0.1, -0.05) is 35.1 Å². The predicted molar refractivity (Wildman–Crippen MR) is 82.3 cm³/mol. The van der Waals surface area contributed by atoms with Crippen LogP contribution in [-0.2, 0) is 4.74 Å². The number of halogens is 1. The normalized spacial score (nSPS) is 10.4. The van der Waals surface area contributed by atoms with Crippen molar-refractivity contribution in [1.82, 2.24) is 4.98 Å². The van der Waals surface area contributed by atoms with Crippen LogP contribution in [0, 0.1) is 6.92 Å². The lowest BCUT2D eigenvalue weighted by Gasteiger charge is -2.20. The zero-order valence-electron chi connectivity index (χ0n) is 11.5. The fourth-order valence-electron chi connectivity index (χ4n) is 1.85. The summed E-state index contributed by atoms with van der Waals surface area (Å²) in [5, 5.41) is 0.867. The molecular formula is C14H15ClN2O2S. The lowest BCUT2D eigenvalue weighted by atomic mass is 10.2. The van der Waals surface area contributed by atoms with Gasteiger partial charge in [0.2, 0.25) is 0 Å². The van der Waals surface area contributed by atoms with Crippen LogP contribution in [0.15, 0.2) is 24.3 Å². The summed E-state index contributed by atoms with van der Waals surface area (Å²) in [7, 11) is 1.33. The van der Waals surface area contributed by atoms with Crippen molar-refractivity contribution in [3.63, 3.8) is 0 Å². The molecule has 1 aromatic carbocycles. The summed E-state index contributed by atoms with van der Waals surface area (Å²) < 4.78 is 4.70. The number of anilines is 2. The average molecular weight is 311 g/mol. The molecular weight excluding hydrogens is 296 g/mol. The Morgan fingerprint density at radius 2 is 2.25 bits per heavy atom. The topological polar surface area (TPSA) is 42.4 Å². The molecule has 1 aromatic heterocycles. The molecule has 0 fully saturated rings. The first-order valence-corrected chi connectivity index (χ1v) is 7.35. The van der Waals surface area contributed by atoms with Gasteiger partial charge in [-0.3, -0.25) is 0 Å². The molecule has 0 saturated heterocycles. The van der Waals surface area contributed by atoms with E-state index in [4.69, 9.17) is 16.3 Å². The molecule has 6 heteroatoms. The molecule has 0 N–H and O–H groups in total. The number of methoxy groups -OCH3 is 1. The number of hydrogen-bond donors (Lipinski definition) is 0. The van der Waals surface area contributed by atoms with Crippen LogP contribution in [0.1, 0.15) is 22.2 Å². The Morgan fingerprint density at radius 1 is 1.50 bits per heavy atom. The van der Waals surface area contributed by atoms with Gasteiger partial charge in [0.05, 0.1) is 7.11 Å². The summed E-state index contributed by atoms with van der Waals surface area (Å²) in [4.78, 5) is 18.2. The number of thiazole rings is 1. The van der Waals surface area contributed by atoms with Gasteiger partial charge in [-0.05, 0) is 31.5 Å². The highest BCUT2D eigenvalue weighted by Crippen LogP contribution is 2.34. The van der Waals surface area contributed by atoms with E-state index in [-0.39, 0.29) is 5.15 Å². The van der Waals surface area contributed by atoms with E-state index in [0.717, 1.165) is 17.8 Å². The maximum Gasteiger partial charge on any atom is 0.351 e. The van der Waals surface area contributed by atoms with Crippen molar-refractivity contribution < 1.29 is 9.53 Å². The van der Waals surface area contributed by atoms with Crippen molar-refractivity contribution in [2.75, 3.05) is 18.6 Å². The molecule has 0 aliphatic heterocycles. The standard InChI is InChI=1S/C14H15ClN2O2S/c1-4-17(10-7-5-6-9(2)8-10)14-16-12(15)11(20-14)13(18)19-3/h5-8H,4H2,1-3H3. The molecule has 0 bridgehead atoms. The van der Waals surface area contributed by atoms with E-state index in [1.165, 1.54) is 18.4 Å². The molecule has 0 unspecified atom stereocenters. The lowest BCUT2D eigenvalue weighted by molar-refractivity contribution is 0.0606.